The molecular formula is C16H18FN3O. The average molecular weight is 287 g/mol. The predicted octanol–water partition coefficient (Wildman–Crippen LogP) is 2.52. The Labute approximate surface area is 123 Å². The van der Waals surface area contributed by atoms with E-state index in [1.165, 1.54) is 23.3 Å². The molecule has 21 heavy (non-hydrogen) atoms. The van der Waals surface area contributed by atoms with Crippen LogP contribution in [0.3, 0.4) is 0 Å². The number of nitrogens with one attached hydrogen (secondary N) is 1. The Morgan fingerprint density at radius 3 is 2.62 bits per heavy atom. The Morgan fingerprint density at radius 2 is 1.90 bits per heavy atom. The third-order valence-electron chi connectivity index (χ3n) is 3.35. The van der Waals surface area contributed by atoms with E-state index in [0.717, 1.165) is 5.56 Å². The van der Waals surface area contributed by atoms with E-state index in [2.05, 4.69) is 29.5 Å². The van der Waals surface area contributed by atoms with Gasteiger partial charge in [0.15, 0.2) is 5.84 Å². The molecule has 2 rings (SSSR count). The highest BCUT2D eigenvalue weighted by Crippen LogP contribution is 2.12. The minimum atomic E-state index is -0.417. The van der Waals surface area contributed by atoms with Crippen molar-refractivity contribution in [3.8, 4) is 0 Å². The van der Waals surface area contributed by atoms with Crippen LogP contribution in [0, 0.1) is 12.7 Å². The maximum Gasteiger partial charge on any atom is 0.170 e. The van der Waals surface area contributed by atoms with Crippen LogP contribution in [-0.4, -0.2) is 11.0 Å². The minimum absolute atomic E-state index is 0.0952. The lowest BCUT2D eigenvalue weighted by Gasteiger charge is -2.11. The maximum absolute atomic E-state index is 13.3. The van der Waals surface area contributed by atoms with Crippen LogP contribution in [0.2, 0.25) is 0 Å². The molecule has 2 aromatic carbocycles. The summed E-state index contributed by atoms with van der Waals surface area (Å²) in [6.45, 7) is 3.25. The number of halogens is 1. The molecule has 0 saturated heterocycles. The minimum Gasteiger partial charge on any atom is -0.409 e. The Balaban J connectivity index is 2.08. The van der Waals surface area contributed by atoms with Crippen molar-refractivity contribution >= 4 is 5.84 Å². The summed E-state index contributed by atoms with van der Waals surface area (Å²) in [5.74, 6) is -0.513. The van der Waals surface area contributed by atoms with Gasteiger partial charge in [0.05, 0.1) is 0 Å². The number of rotatable bonds is 5. The number of nitrogens with two attached hydrogens (primary N) is 1. The van der Waals surface area contributed by atoms with Crippen molar-refractivity contribution in [2.45, 2.75) is 20.0 Å². The summed E-state index contributed by atoms with van der Waals surface area (Å²) in [6, 6.07) is 12.3. The summed E-state index contributed by atoms with van der Waals surface area (Å²) in [5, 5.41) is 15.0. The first-order valence-electron chi connectivity index (χ1n) is 6.63. The summed E-state index contributed by atoms with van der Waals surface area (Å²) in [7, 11) is 0. The lowest BCUT2D eigenvalue weighted by molar-refractivity contribution is 0.318. The normalized spacial score (nSPS) is 11.6. The van der Waals surface area contributed by atoms with Crippen LogP contribution in [-0.2, 0) is 13.1 Å². The van der Waals surface area contributed by atoms with Gasteiger partial charge in [-0.3, -0.25) is 0 Å². The predicted molar refractivity (Wildman–Crippen MR) is 80.6 cm³/mol. The van der Waals surface area contributed by atoms with Gasteiger partial charge in [0.25, 0.3) is 0 Å². The van der Waals surface area contributed by atoms with E-state index in [-0.39, 0.29) is 5.84 Å². The molecule has 0 aliphatic heterocycles. The SMILES string of the molecule is Cc1ccccc1CNCc1ccc(F)cc1C(N)=NO. The molecule has 4 nitrogen and oxygen atoms in total. The summed E-state index contributed by atoms with van der Waals surface area (Å²) in [6.07, 6.45) is 0. The van der Waals surface area contributed by atoms with E-state index in [0.29, 0.717) is 18.7 Å². The highest BCUT2D eigenvalue weighted by atomic mass is 19.1. The van der Waals surface area contributed by atoms with Crippen LogP contribution < -0.4 is 11.1 Å². The third-order valence-corrected chi connectivity index (χ3v) is 3.35. The Morgan fingerprint density at radius 1 is 1.19 bits per heavy atom. The second kappa shape index (κ2) is 6.85. The van der Waals surface area contributed by atoms with E-state index in [9.17, 15) is 4.39 Å². The third kappa shape index (κ3) is 3.79. The van der Waals surface area contributed by atoms with Crippen LogP contribution >= 0.6 is 0 Å². The first kappa shape index (κ1) is 15.0. The monoisotopic (exact) mass is 287 g/mol. The number of oxime groups is 1. The van der Waals surface area contributed by atoms with Gasteiger partial charge in [0.1, 0.15) is 5.82 Å². The van der Waals surface area contributed by atoms with Gasteiger partial charge in [0.2, 0.25) is 0 Å². The Hall–Kier alpha value is -2.40. The molecule has 0 aliphatic carbocycles. The van der Waals surface area contributed by atoms with Crippen molar-refractivity contribution in [2.24, 2.45) is 10.9 Å². The number of benzene rings is 2. The van der Waals surface area contributed by atoms with E-state index in [1.54, 1.807) is 6.07 Å². The molecule has 0 atom stereocenters. The zero-order valence-corrected chi connectivity index (χ0v) is 11.8. The zero-order valence-electron chi connectivity index (χ0n) is 11.8. The van der Waals surface area contributed by atoms with Gasteiger partial charge in [-0.2, -0.15) is 0 Å². The first-order valence-corrected chi connectivity index (χ1v) is 6.63. The lowest BCUT2D eigenvalue weighted by Crippen LogP contribution is -2.20. The quantitative estimate of drug-likeness (QED) is 0.342. The molecule has 0 amide bonds. The summed E-state index contributed by atoms with van der Waals surface area (Å²) >= 11 is 0. The smallest absolute Gasteiger partial charge is 0.170 e. The summed E-state index contributed by atoms with van der Waals surface area (Å²) in [5.41, 5.74) is 9.16. The Kier molecular flexibility index (Phi) is 4.90. The molecular weight excluding hydrogens is 269 g/mol. The molecule has 0 unspecified atom stereocenters. The van der Waals surface area contributed by atoms with Crippen molar-refractivity contribution in [1.82, 2.24) is 5.32 Å². The number of hydrogen-bond acceptors (Lipinski definition) is 3. The highest BCUT2D eigenvalue weighted by molar-refractivity contribution is 5.98. The van der Waals surface area contributed by atoms with Crippen molar-refractivity contribution in [1.29, 1.82) is 0 Å². The molecule has 0 bridgehead atoms. The van der Waals surface area contributed by atoms with Crippen molar-refractivity contribution in [3.63, 3.8) is 0 Å². The van der Waals surface area contributed by atoms with Crippen molar-refractivity contribution in [3.05, 3.63) is 70.5 Å². The van der Waals surface area contributed by atoms with Gasteiger partial charge in [-0.05, 0) is 35.7 Å². The van der Waals surface area contributed by atoms with Gasteiger partial charge in [0, 0.05) is 18.7 Å². The van der Waals surface area contributed by atoms with Gasteiger partial charge in [-0.15, -0.1) is 0 Å². The first-order chi connectivity index (χ1) is 10.1. The van der Waals surface area contributed by atoms with Crippen LogP contribution in [0.15, 0.2) is 47.6 Å². The van der Waals surface area contributed by atoms with E-state index in [1.807, 2.05) is 12.1 Å². The lowest BCUT2D eigenvalue weighted by atomic mass is 10.1. The molecule has 0 fully saturated rings. The molecule has 0 radical (unpaired) electrons. The average Bonchev–Trinajstić information content (AvgIpc) is 2.49. The zero-order chi connectivity index (χ0) is 15.2. The standard InChI is InChI=1S/C16H18FN3O/c1-11-4-2-3-5-12(11)9-19-10-13-6-7-14(17)8-15(13)16(18)20-21/h2-8,19,21H,9-10H2,1H3,(H2,18,20). The van der Waals surface area contributed by atoms with E-state index < -0.39 is 5.82 Å². The van der Waals surface area contributed by atoms with E-state index in [4.69, 9.17) is 10.9 Å². The summed E-state index contributed by atoms with van der Waals surface area (Å²) < 4.78 is 13.3. The molecule has 0 saturated carbocycles. The molecule has 0 aliphatic rings. The van der Waals surface area contributed by atoms with Crippen molar-refractivity contribution in [2.75, 3.05) is 0 Å². The Bertz CT molecular complexity index is 656. The fourth-order valence-corrected chi connectivity index (χ4v) is 2.14. The van der Waals surface area contributed by atoms with Crippen LogP contribution in [0.25, 0.3) is 0 Å². The van der Waals surface area contributed by atoms with E-state index >= 15 is 0 Å². The molecule has 4 N–H and O–H groups in total. The van der Waals surface area contributed by atoms with Crippen LogP contribution in [0.4, 0.5) is 4.39 Å². The maximum atomic E-state index is 13.3. The number of aryl methyl sites for hydroxylation is 1. The van der Waals surface area contributed by atoms with Crippen molar-refractivity contribution < 1.29 is 9.60 Å². The summed E-state index contributed by atoms with van der Waals surface area (Å²) in [4.78, 5) is 0. The molecule has 110 valence electrons. The molecule has 0 spiro atoms. The fourth-order valence-electron chi connectivity index (χ4n) is 2.14. The second-order valence-electron chi connectivity index (χ2n) is 4.82. The number of hydrogen-bond donors (Lipinski definition) is 3. The van der Waals surface area contributed by atoms with Crippen LogP contribution in [0.5, 0.6) is 0 Å². The van der Waals surface area contributed by atoms with Gasteiger partial charge >= 0.3 is 0 Å². The number of amidine groups is 1. The van der Waals surface area contributed by atoms with Gasteiger partial charge in [-0.25, -0.2) is 4.39 Å². The fraction of sp³-hybridized carbons (Fsp3) is 0.188. The molecule has 5 heteroatoms. The molecule has 0 heterocycles. The molecule has 2 aromatic rings. The molecule has 0 aromatic heterocycles. The topological polar surface area (TPSA) is 70.6 Å². The van der Waals surface area contributed by atoms with Gasteiger partial charge in [-0.1, -0.05) is 35.5 Å². The largest absolute Gasteiger partial charge is 0.409 e. The van der Waals surface area contributed by atoms with Gasteiger partial charge < -0.3 is 16.3 Å². The van der Waals surface area contributed by atoms with Crippen LogP contribution in [0.1, 0.15) is 22.3 Å². The highest BCUT2D eigenvalue weighted by Gasteiger charge is 2.08. The number of nitrogens with zero attached hydrogens (tertiary/aromatic N) is 1. The second-order valence-corrected chi connectivity index (χ2v) is 4.82.